The van der Waals surface area contributed by atoms with Gasteiger partial charge in [0.15, 0.2) is 0 Å². The molecule has 0 aromatic carbocycles. The molecule has 0 bridgehead atoms. The van der Waals surface area contributed by atoms with Crippen LogP contribution < -0.4 is 0 Å². The Bertz CT molecular complexity index is 298. The smallest absolute Gasteiger partial charge is 0.293 e. The van der Waals surface area contributed by atoms with Crippen LogP contribution in [0.4, 0.5) is 0 Å². The Hall–Kier alpha value is -0.0600. The topological polar surface area (TPSA) is 26.3 Å². The average Bonchev–Trinajstić information content (AvgIpc) is 2.43. The van der Waals surface area contributed by atoms with E-state index in [-0.39, 0.29) is 11.4 Å². The summed E-state index contributed by atoms with van der Waals surface area (Å²) in [6.07, 6.45) is 0. The molecule has 0 aliphatic rings. The summed E-state index contributed by atoms with van der Waals surface area (Å²) >= 11 is 11.0. The highest BCUT2D eigenvalue weighted by Crippen LogP contribution is 2.35. The minimum atomic E-state index is 0.223. The average molecular weight is 284 g/mol. The van der Waals surface area contributed by atoms with Crippen molar-refractivity contribution in [3.05, 3.63) is 20.8 Å². The molecule has 5 heteroatoms. The van der Waals surface area contributed by atoms with Crippen LogP contribution in [0.15, 0.2) is 5.38 Å². The van der Waals surface area contributed by atoms with Crippen LogP contribution in [-0.4, -0.2) is 6.47 Å². The lowest BCUT2D eigenvalue weighted by Gasteiger charge is -2.01. The van der Waals surface area contributed by atoms with Crippen LogP contribution in [0.2, 0.25) is 5.02 Å². The fraction of sp³-hybridized carbons (Fsp3) is 0.375. The Kier molecular flexibility index (Phi) is 4.22. The number of halogens is 2. The molecule has 0 saturated carbocycles. The van der Waals surface area contributed by atoms with E-state index in [1.54, 1.807) is 0 Å². The van der Waals surface area contributed by atoms with Crippen molar-refractivity contribution in [1.82, 2.24) is 0 Å². The Labute approximate surface area is 94.0 Å². The van der Waals surface area contributed by atoms with Crippen LogP contribution in [0, 0.1) is 0 Å². The number of alkyl halides is 1. The molecule has 0 saturated heterocycles. The Balaban J connectivity index is 2.80. The zero-order valence-electron chi connectivity index (χ0n) is 6.92. The number of ether oxygens (including phenoxy) is 1. The molecule has 72 valence electrons. The summed E-state index contributed by atoms with van der Waals surface area (Å²) < 4.78 is 4.62. The van der Waals surface area contributed by atoms with E-state index in [0.717, 1.165) is 10.4 Å². The summed E-state index contributed by atoms with van der Waals surface area (Å²) in [5, 5.41) is 2.65. The lowest BCUT2D eigenvalue weighted by atomic mass is 10.2. The van der Waals surface area contributed by atoms with E-state index in [4.69, 9.17) is 11.6 Å². The first-order valence-electron chi connectivity index (χ1n) is 3.62. The quantitative estimate of drug-likeness (QED) is 0.624. The Morgan fingerprint density at radius 2 is 2.54 bits per heavy atom. The maximum atomic E-state index is 9.96. The fourth-order valence-corrected chi connectivity index (χ4v) is 2.96. The third-order valence-corrected chi connectivity index (χ3v) is 3.57. The summed E-state index contributed by atoms with van der Waals surface area (Å²) in [4.78, 5) is 11.1. The minimum Gasteiger partial charge on any atom is -0.462 e. The molecular weight excluding hydrogens is 276 g/mol. The molecule has 1 heterocycles. The lowest BCUT2D eigenvalue weighted by Crippen LogP contribution is -1.88. The second kappa shape index (κ2) is 4.98. The third-order valence-electron chi connectivity index (χ3n) is 1.54. The number of carbonyl (C=O) groups excluding carboxylic acids is 1. The van der Waals surface area contributed by atoms with Crippen molar-refractivity contribution in [3.63, 3.8) is 0 Å². The summed E-state index contributed by atoms with van der Waals surface area (Å²) in [7, 11) is 0. The predicted octanol–water partition coefficient (Wildman–Crippen LogP) is 3.53. The van der Waals surface area contributed by atoms with Crippen LogP contribution >= 0.6 is 38.9 Å². The van der Waals surface area contributed by atoms with Gasteiger partial charge in [-0.3, -0.25) is 4.79 Å². The van der Waals surface area contributed by atoms with E-state index in [2.05, 4.69) is 20.7 Å². The molecule has 2 nitrogen and oxygen atoms in total. The van der Waals surface area contributed by atoms with E-state index in [1.807, 2.05) is 12.3 Å². The van der Waals surface area contributed by atoms with Crippen molar-refractivity contribution in [2.45, 2.75) is 18.4 Å². The summed E-state index contributed by atoms with van der Waals surface area (Å²) in [6.45, 7) is 2.68. The maximum absolute atomic E-state index is 9.96. The van der Waals surface area contributed by atoms with Gasteiger partial charge in [0.05, 0.1) is 9.90 Å². The van der Waals surface area contributed by atoms with Gasteiger partial charge in [-0.05, 0) is 17.9 Å². The first-order valence-corrected chi connectivity index (χ1v) is 5.79. The molecule has 13 heavy (non-hydrogen) atoms. The van der Waals surface area contributed by atoms with Crippen molar-refractivity contribution in [2.75, 3.05) is 0 Å². The highest BCUT2D eigenvalue weighted by molar-refractivity contribution is 9.09. The fourth-order valence-electron chi connectivity index (χ4n) is 0.875. The van der Waals surface area contributed by atoms with Gasteiger partial charge in [0.2, 0.25) is 0 Å². The molecule has 1 atom stereocenters. The molecule has 1 unspecified atom stereocenters. The predicted molar refractivity (Wildman–Crippen MR) is 57.5 cm³/mol. The van der Waals surface area contributed by atoms with Crippen LogP contribution in [0.5, 0.6) is 0 Å². The van der Waals surface area contributed by atoms with Crippen LogP contribution in [0.25, 0.3) is 0 Å². The number of hydrogen-bond acceptors (Lipinski definition) is 3. The van der Waals surface area contributed by atoms with Crippen molar-refractivity contribution < 1.29 is 9.53 Å². The van der Waals surface area contributed by atoms with Crippen molar-refractivity contribution in [1.29, 1.82) is 0 Å². The van der Waals surface area contributed by atoms with Gasteiger partial charge in [0.1, 0.15) is 6.61 Å². The number of hydrogen-bond donors (Lipinski definition) is 0. The highest BCUT2D eigenvalue weighted by Gasteiger charge is 2.12. The van der Waals surface area contributed by atoms with Crippen LogP contribution in [-0.2, 0) is 16.1 Å². The van der Waals surface area contributed by atoms with Crippen molar-refractivity contribution >= 4 is 45.3 Å². The Morgan fingerprint density at radius 3 is 3.00 bits per heavy atom. The van der Waals surface area contributed by atoms with Gasteiger partial charge in [-0.15, -0.1) is 11.3 Å². The van der Waals surface area contributed by atoms with Crippen molar-refractivity contribution in [2.24, 2.45) is 0 Å². The van der Waals surface area contributed by atoms with Gasteiger partial charge in [0, 0.05) is 4.83 Å². The molecule has 1 rings (SSSR count). The highest BCUT2D eigenvalue weighted by atomic mass is 79.9. The SMILES string of the molecule is CC(Br)c1csc(COC=O)c1Cl. The zero-order valence-corrected chi connectivity index (χ0v) is 10.1. The standard InChI is InChI=1S/C8H8BrClO2S/c1-5(9)6-3-13-7(8(6)10)2-12-4-11/h3-5H,2H2,1H3. The van der Waals surface area contributed by atoms with E-state index < -0.39 is 0 Å². The lowest BCUT2D eigenvalue weighted by molar-refractivity contribution is -0.129. The van der Waals surface area contributed by atoms with Crippen molar-refractivity contribution in [3.8, 4) is 0 Å². The monoisotopic (exact) mass is 282 g/mol. The third kappa shape index (κ3) is 2.69. The number of carbonyl (C=O) groups is 1. The van der Waals surface area contributed by atoms with Gasteiger partial charge in [-0.1, -0.05) is 27.5 Å². The van der Waals surface area contributed by atoms with Gasteiger partial charge in [0.25, 0.3) is 6.47 Å². The maximum Gasteiger partial charge on any atom is 0.293 e. The molecule has 0 radical (unpaired) electrons. The summed E-state index contributed by atoms with van der Waals surface area (Å²) in [5.74, 6) is 0. The van der Waals surface area contributed by atoms with E-state index in [9.17, 15) is 4.79 Å². The molecule has 0 aliphatic carbocycles. The van der Waals surface area contributed by atoms with E-state index in [1.165, 1.54) is 11.3 Å². The first-order chi connectivity index (χ1) is 6.16. The molecule has 0 spiro atoms. The normalized spacial score (nSPS) is 12.5. The van der Waals surface area contributed by atoms with Crippen LogP contribution in [0.3, 0.4) is 0 Å². The minimum absolute atomic E-state index is 0.223. The molecule has 0 aliphatic heterocycles. The number of rotatable bonds is 4. The van der Waals surface area contributed by atoms with E-state index >= 15 is 0 Å². The second-order valence-electron chi connectivity index (χ2n) is 2.45. The molecule has 1 aromatic rings. The molecule has 0 amide bonds. The van der Waals surface area contributed by atoms with E-state index in [0.29, 0.717) is 11.5 Å². The summed E-state index contributed by atoms with van der Waals surface area (Å²) in [6, 6.07) is 0. The van der Waals surface area contributed by atoms with Gasteiger partial charge < -0.3 is 4.74 Å². The largest absolute Gasteiger partial charge is 0.462 e. The van der Waals surface area contributed by atoms with Gasteiger partial charge in [-0.2, -0.15) is 0 Å². The molecular formula is C8H8BrClO2S. The second-order valence-corrected chi connectivity index (χ2v) is 5.17. The number of thiophene rings is 1. The molecule has 0 fully saturated rings. The zero-order chi connectivity index (χ0) is 9.84. The first kappa shape index (κ1) is 11.0. The Morgan fingerprint density at radius 1 is 1.85 bits per heavy atom. The van der Waals surface area contributed by atoms with Crippen LogP contribution in [0.1, 0.15) is 22.2 Å². The molecule has 0 N–H and O–H groups in total. The van der Waals surface area contributed by atoms with Gasteiger partial charge >= 0.3 is 0 Å². The van der Waals surface area contributed by atoms with Gasteiger partial charge in [-0.25, -0.2) is 0 Å². The summed E-state index contributed by atoms with van der Waals surface area (Å²) in [5.41, 5.74) is 1.04. The molecule has 1 aromatic heterocycles.